The molecule has 1 aromatic heterocycles. The Bertz CT molecular complexity index is 1190. The third-order valence-corrected chi connectivity index (χ3v) is 5.66. The molecule has 33 heavy (non-hydrogen) atoms. The summed E-state index contributed by atoms with van der Waals surface area (Å²) in [5.74, 6) is 1.26. The number of rotatable bonds is 10. The maximum absolute atomic E-state index is 12.4. The SMILES string of the molecule is COc1cc(/C=C(/C#N)C(=O)Nc2nc(SC)ns2)ccc1OCCOc1ccccc1C. The van der Waals surface area contributed by atoms with Gasteiger partial charge in [0.25, 0.3) is 5.91 Å². The highest BCUT2D eigenvalue weighted by Crippen LogP contribution is 2.29. The molecule has 3 aromatic rings. The molecule has 1 amide bonds. The number of hydrogen-bond donors (Lipinski definition) is 1. The minimum absolute atomic E-state index is 0.0711. The predicted octanol–water partition coefficient (Wildman–Crippen LogP) is 4.58. The lowest BCUT2D eigenvalue weighted by Crippen LogP contribution is -2.13. The van der Waals surface area contributed by atoms with Crippen LogP contribution in [0.4, 0.5) is 5.13 Å². The fraction of sp³-hybridized carbons (Fsp3) is 0.217. The summed E-state index contributed by atoms with van der Waals surface area (Å²) in [6, 6.07) is 14.8. The molecule has 1 heterocycles. The summed E-state index contributed by atoms with van der Waals surface area (Å²) in [6.07, 6.45) is 3.31. The van der Waals surface area contributed by atoms with Crippen molar-refractivity contribution in [1.82, 2.24) is 9.36 Å². The topological polar surface area (TPSA) is 106 Å². The van der Waals surface area contributed by atoms with Gasteiger partial charge in [-0.1, -0.05) is 36.0 Å². The molecule has 0 unspecified atom stereocenters. The zero-order chi connectivity index (χ0) is 23.6. The quantitative estimate of drug-likeness (QED) is 0.194. The van der Waals surface area contributed by atoms with Crippen LogP contribution in [-0.2, 0) is 4.79 Å². The molecule has 0 atom stereocenters. The second-order valence-corrected chi connectivity index (χ2v) is 8.11. The molecule has 2 aromatic carbocycles. The fourth-order valence-electron chi connectivity index (χ4n) is 2.74. The zero-order valence-electron chi connectivity index (χ0n) is 18.3. The van der Waals surface area contributed by atoms with E-state index in [1.54, 1.807) is 18.2 Å². The van der Waals surface area contributed by atoms with E-state index in [9.17, 15) is 10.1 Å². The van der Waals surface area contributed by atoms with E-state index in [2.05, 4.69) is 14.7 Å². The largest absolute Gasteiger partial charge is 0.493 e. The molecule has 0 fully saturated rings. The average Bonchev–Trinajstić information content (AvgIpc) is 3.29. The summed E-state index contributed by atoms with van der Waals surface area (Å²) in [6.45, 7) is 2.68. The zero-order valence-corrected chi connectivity index (χ0v) is 20.0. The minimum Gasteiger partial charge on any atom is -0.493 e. The Hall–Kier alpha value is -3.55. The van der Waals surface area contributed by atoms with Crippen LogP contribution in [0.15, 0.2) is 53.2 Å². The molecule has 0 aliphatic rings. The number of aryl methyl sites for hydroxylation is 1. The van der Waals surface area contributed by atoms with Crippen molar-refractivity contribution in [2.45, 2.75) is 12.1 Å². The molecule has 0 aliphatic carbocycles. The number of nitrogens with zero attached hydrogens (tertiary/aromatic N) is 3. The maximum atomic E-state index is 12.4. The minimum atomic E-state index is -0.561. The van der Waals surface area contributed by atoms with Gasteiger partial charge in [0.1, 0.15) is 30.6 Å². The third kappa shape index (κ3) is 6.71. The monoisotopic (exact) mass is 482 g/mol. The van der Waals surface area contributed by atoms with Crippen LogP contribution in [0.25, 0.3) is 6.08 Å². The van der Waals surface area contributed by atoms with Crippen LogP contribution in [-0.4, -0.2) is 41.8 Å². The lowest BCUT2D eigenvalue weighted by Gasteiger charge is -2.13. The molecule has 1 N–H and O–H groups in total. The van der Waals surface area contributed by atoms with Crippen molar-refractivity contribution >= 4 is 40.4 Å². The van der Waals surface area contributed by atoms with Crippen LogP contribution >= 0.6 is 23.3 Å². The van der Waals surface area contributed by atoms with Gasteiger partial charge < -0.3 is 14.2 Å². The lowest BCUT2D eigenvalue weighted by molar-refractivity contribution is -0.112. The molecule has 0 saturated heterocycles. The number of thioether (sulfide) groups is 1. The van der Waals surface area contributed by atoms with Gasteiger partial charge in [0.15, 0.2) is 11.5 Å². The van der Waals surface area contributed by atoms with Crippen molar-refractivity contribution < 1.29 is 19.0 Å². The Balaban J connectivity index is 1.63. The molecule has 3 rings (SSSR count). The standard InChI is InChI=1S/C23H22N4O4S2/c1-15-6-4-5-7-18(15)30-10-11-31-19-9-8-16(13-20(19)29-2)12-17(14-24)21(28)25-22-26-23(32-3)27-33-22/h4-9,12-13H,10-11H2,1-3H3,(H,25,26,27,28)/b17-12-. The number of carbonyl (C=O) groups excluding carboxylic acids is 1. The van der Waals surface area contributed by atoms with Crippen LogP contribution in [0.2, 0.25) is 0 Å². The molecule has 0 aliphatic heterocycles. The second-order valence-electron chi connectivity index (χ2n) is 6.58. The van der Waals surface area contributed by atoms with E-state index >= 15 is 0 Å². The highest BCUT2D eigenvalue weighted by atomic mass is 32.2. The number of nitrogens with one attached hydrogen (secondary N) is 1. The molecule has 0 radical (unpaired) electrons. The Morgan fingerprint density at radius 3 is 2.61 bits per heavy atom. The second kappa shape index (κ2) is 11.9. The molecule has 170 valence electrons. The number of nitriles is 1. The van der Waals surface area contributed by atoms with Crippen molar-refractivity contribution in [2.24, 2.45) is 0 Å². The number of ether oxygens (including phenoxy) is 3. The number of aromatic nitrogens is 2. The fourth-order valence-corrected chi connectivity index (χ4v) is 3.86. The highest BCUT2D eigenvalue weighted by Gasteiger charge is 2.13. The van der Waals surface area contributed by atoms with E-state index in [1.165, 1.54) is 24.9 Å². The van der Waals surface area contributed by atoms with Gasteiger partial charge in [0.05, 0.1) is 7.11 Å². The van der Waals surface area contributed by atoms with E-state index < -0.39 is 5.91 Å². The first kappa shape index (κ1) is 24.1. The van der Waals surface area contributed by atoms with Gasteiger partial charge in [0, 0.05) is 11.5 Å². The number of methoxy groups -OCH3 is 1. The number of amides is 1. The molecule has 0 saturated carbocycles. The van der Waals surface area contributed by atoms with Crippen LogP contribution in [0.3, 0.4) is 0 Å². The van der Waals surface area contributed by atoms with Gasteiger partial charge in [-0.3, -0.25) is 10.1 Å². The molecule has 0 spiro atoms. The van der Waals surface area contributed by atoms with Gasteiger partial charge >= 0.3 is 0 Å². The lowest BCUT2D eigenvalue weighted by atomic mass is 10.1. The maximum Gasteiger partial charge on any atom is 0.268 e. The summed E-state index contributed by atoms with van der Waals surface area (Å²) in [5, 5.41) is 12.9. The van der Waals surface area contributed by atoms with E-state index in [4.69, 9.17) is 14.2 Å². The van der Waals surface area contributed by atoms with Crippen molar-refractivity contribution in [3.8, 4) is 23.3 Å². The van der Waals surface area contributed by atoms with E-state index in [0.29, 0.717) is 40.6 Å². The molecular formula is C23H22N4O4S2. The molecule has 8 nitrogen and oxygen atoms in total. The highest BCUT2D eigenvalue weighted by molar-refractivity contribution is 7.98. The third-order valence-electron chi connectivity index (χ3n) is 4.37. The Kier molecular flexibility index (Phi) is 8.69. The van der Waals surface area contributed by atoms with Crippen molar-refractivity contribution in [3.05, 3.63) is 59.2 Å². The van der Waals surface area contributed by atoms with E-state index in [-0.39, 0.29) is 5.57 Å². The summed E-state index contributed by atoms with van der Waals surface area (Å²) in [4.78, 5) is 16.6. The number of anilines is 1. The first-order chi connectivity index (χ1) is 16.0. The first-order valence-corrected chi connectivity index (χ1v) is 11.8. The molecular weight excluding hydrogens is 460 g/mol. The summed E-state index contributed by atoms with van der Waals surface area (Å²) >= 11 is 2.42. The van der Waals surface area contributed by atoms with Gasteiger partial charge in [-0.2, -0.15) is 14.6 Å². The Labute approximate surface area is 200 Å². The number of para-hydroxylation sites is 1. The van der Waals surface area contributed by atoms with Crippen LogP contribution in [0.5, 0.6) is 17.2 Å². The molecule has 0 bridgehead atoms. The normalized spacial score (nSPS) is 10.9. The van der Waals surface area contributed by atoms with Crippen LogP contribution in [0, 0.1) is 18.3 Å². The first-order valence-electron chi connectivity index (χ1n) is 9.84. The predicted molar refractivity (Wildman–Crippen MR) is 129 cm³/mol. The number of carbonyl (C=O) groups is 1. The summed E-state index contributed by atoms with van der Waals surface area (Å²) in [7, 11) is 1.52. The Morgan fingerprint density at radius 2 is 1.94 bits per heavy atom. The average molecular weight is 483 g/mol. The smallest absolute Gasteiger partial charge is 0.268 e. The van der Waals surface area contributed by atoms with E-state index in [0.717, 1.165) is 22.8 Å². The van der Waals surface area contributed by atoms with Crippen LogP contribution < -0.4 is 19.5 Å². The number of hydrogen-bond acceptors (Lipinski definition) is 9. The summed E-state index contributed by atoms with van der Waals surface area (Å²) in [5.41, 5.74) is 1.60. The van der Waals surface area contributed by atoms with E-state index in [1.807, 2.05) is 43.5 Å². The van der Waals surface area contributed by atoms with Crippen molar-refractivity contribution in [2.75, 3.05) is 31.9 Å². The van der Waals surface area contributed by atoms with Gasteiger partial charge in [0.2, 0.25) is 10.3 Å². The Morgan fingerprint density at radius 1 is 1.18 bits per heavy atom. The van der Waals surface area contributed by atoms with Gasteiger partial charge in [-0.05, 0) is 48.6 Å². The van der Waals surface area contributed by atoms with Gasteiger partial charge in [-0.25, -0.2) is 0 Å². The summed E-state index contributed by atoms with van der Waals surface area (Å²) < 4.78 is 21.0. The molecule has 10 heteroatoms. The van der Waals surface area contributed by atoms with Crippen molar-refractivity contribution in [1.29, 1.82) is 5.26 Å². The van der Waals surface area contributed by atoms with Crippen LogP contribution in [0.1, 0.15) is 11.1 Å². The van der Waals surface area contributed by atoms with Crippen molar-refractivity contribution in [3.63, 3.8) is 0 Å². The van der Waals surface area contributed by atoms with Gasteiger partial charge in [-0.15, -0.1) is 0 Å². The number of benzene rings is 2.